The first-order chi connectivity index (χ1) is 20.7. The van der Waals surface area contributed by atoms with Gasteiger partial charge in [0.15, 0.2) is 5.75 Å². The summed E-state index contributed by atoms with van der Waals surface area (Å²) in [6.07, 6.45) is 5.27. The number of aryl methyl sites for hydroxylation is 2. The molecule has 1 aromatic heterocycles. The molecule has 0 spiro atoms. The molecule has 1 heterocycles. The van der Waals surface area contributed by atoms with Gasteiger partial charge in [-0.15, -0.1) is 0 Å². The van der Waals surface area contributed by atoms with Crippen LogP contribution >= 0.6 is 34.8 Å². The Bertz CT molecular complexity index is 1360. The van der Waals surface area contributed by atoms with E-state index in [0.717, 1.165) is 40.7 Å². The van der Waals surface area contributed by atoms with Crippen molar-refractivity contribution in [2.45, 2.75) is 51.6 Å². The van der Waals surface area contributed by atoms with Gasteiger partial charge < -0.3 is 24.8 Å². The largest absolute Gasteiger partial charge is 0.490 e. The second-order valence-electron chi connectivity index (χ2n) is 10.8. The summed E-state index contributed by atoms with van der Waals surface area (Å²) in [7, 11) is 1.65. The minimum Gasteiger partial charge on any atom is -0.490 e. The molecule has 0 bridgehead atoms. The van der Waals surface area contributed by atoms with Crippen molar-refractivity contribution in [3.63, 3.8) is 0 Å². The lowest BCUT2D eigenvalue weighted by molar-refractivity contribution is -0.909. The number of carbonyl (C=O) groups is 1. The van der Waals surface area contributed by atoms with E-state index in [4.69, 9.17) is 54.7 Å². The minimum absolute atomic E-state index is 0.00799. The number of hydrogen-bond acceptors (Lipinski definition) is 6. The Kier molecular flexibility index (Phi) is 12.2. The van der Waals surface area contributed by atoms with Gasteiger partial charge in [-0.3, -0.25) is 10.0 Å². The first-order valence-corrected chi connectivity index (χ1v) is 15.5. The molecule has 4 rings (SSSR count). The third-order valence-electron chi connectivity index (χ3n) is 7.35. The van der Waals surface area contributed by atoms with Crippen molar-refractivity contribution in [3.8, 4) is 11.5 Å². The van der Waals surface area contributed by atoms with Crippen LogP contribution in [-0.4, -0.2) is 55.5 Å². The van der Waals surface area contributed by atoms with E-state index in [1.165, 1.54) is 6.20 Å². The number of pyridine rings is 1. The van der Waals surface area contributed by atoms with E-state index >= 15 is 0 Å². The number of hydrogen-bond donors (Lipinski definition) is 2. The minimum atomic E-state index is -0.379. The number of carbonyl (C=O) groups excluding carboxylic acids is 1. The predicted octanol–water partition coefficient (Wildman–Crippen LogP) is 5.83. The molecule has 11 heteroatoms. The number of amides is 1. The van der Waals surface area contributed by atoms with Crippen molar-refractivity contribution in [1.29, 1.82) is 0 Å². The first-order valence-electron chi connectivity index (χ1n) is 14.4. The van der Waals surface area contributed by atoms with Crippen LogP contribution in [0.2, 0.25) is 15.1 Å². The number of halogens is 3. The van der Waals surface area contributed by atoms with Crippen LogP contribution in [0.3, 0.4) is 0 Å². The Labute approximate surface area is 268 Å². The molecule has 43 heavy (non-hydrogen) atoms. The predicted molar refractivity (Wildman–Crippen MR) is 167 cm³/mol. The lowest BCUT2D eigenvalue weighted by atomic mass is 9.97. The van der Waals surface area contributed by atoms with Crippen molar-refractivity contribution < 1.29 is 28.9 Å². The van der Waals surface area contributed by atoms with E-state index in [1.807, 2.05) is 42.2 Å². The third-order valence-corrected chi connectivity index (χ3v) is 8.25. The number of benzene rings is 2. The Balaban J connectivity index is 1.33. The van der Waals surface area contributed by atoms with Gasteiger partial charge in [-0.05, 0) is 68.0 Å². The zero-order chi connectivity index (χ0) is 30.9. The van der Waals surface area contributed by atoms with Gasteiger partial charge in [0, 0.05) is 55.6 Å². The third kappa shape index (κ3) is 9.37. The van der Waals surface area contributed by atoms with Crippen LogP contribution in [0.1, 0.15) is 41.6 Å². The second-order valence-corrected chi connectivity index (χ2v) is 12.0. The normalized spacial score (nSPS) is 13.5. The fourth-order valence-corrected chi connectivity index (χ4v) is 5.82. The fourth-order valence-electron chi connectivity index (χ4n) is 4.91. The average molecular weight is 652 g/mol. The molecule has 2 aromatic carbocycles. The van der Waals surface area contributed by atoms with Crippen LogP contribution in [0.15, 0.2) is 48.7 Å². The van der Waals surface area contributed by atoms with Gasteiger partial charge in [-0.2, -0.15) is 0 Å². The molecule has 0 aliphatic heterocycles. The summed E-state index contributed by atoms with van der Waals surface area (Å²) in [6, 6.07) is 13.3. The highest BCUT2D eigenvalue weighted by Crippen LogP contribution is 2.34. The van der Waals surface area contributed by atoms with Crippen molar-refractivity contribution in [1.82, 2.24) is 4.90 Å². The van der Waals surface area contributed by atoms with Crippen molar-refractivity contribution in [3.05, 3.63) is 86.1 Å². The maximum atomic E-state index is 13.7. The standard InChI is InChI=1S/C32H39Cl3N3O5/c1-21-14-28(33)31(29(34)15-21)43-13-12-42-27-9-5-22(6-10-27)16-23(18-36)32(39)37(25-7-8-25)19-24-17-26(4-3-11-41-2)38(40)20-30(24)35/h5-6,9-10,14-15,17,20,23,25,40H,3-4,7-8,11-13,16,18-19,36H2,1-2H3/q+1. The van der Waals surface area contributed by atoms with E-state index in [1.54, 1.807) is 19.2 Å². The topological polar surface area (TPSA) is 98.1 Å². The maximum Gasteiger partial charge on any atom is 0.241 e. The summed E-state index contributed by atoms with van der Waals surface area (Å²) < 4.78 is 17.7. The molecule has 1 unspecified atom stereocenters. The second kappa shape index (κ2) is 15.8. The van der Waals surface area contributed by atoms with E-state index in [2.05, 4.69) is 0 Å². The van der Waals surface area contributed by atoms with Crippen molar-refractivity contribution in [2.75, 3.05) is 33.5 Å². The van der Waals surface area contributed by atoms with Gasteiger partial charge in [0.25, 0.3) is 0 Å². The van der Waals surface area contributed by atoms with Crippen LogP contribution in [-0.2, 0) is 28.9 Å². The van der Waals surface area contributed by atoms with Gasteiger partial charge in [-0.25, -0.2) is 0 Å². The SMILES string of the molecule is COCCCc1cc(CN(C(=O)C(CN)Cc2ccc(OCCOc3c(Cl)cc(C)cc3Cl)cc2)C2CC2)c(Cl)c[n+]1O. The Morgan fingerprint density at radius 3 is 2.35 bits per heavy atom. The number of nitrogens with zero attached hydrogens (tertiary/aromatic N) is 2. The highest BCUT2D eigenvalue weighted by atomic mass is 35.5. The Hall–Kier alpha value is -2.75. The van der Waals surface area contributed by atoms with E-state index in [9.17, 15) is 10.0 Å². The molecule has 1 atom stereocenters. The van der Waals surface area contributed by atoms with E-state index < -0.39 is 0 Å². The maximum absolute atomic E-state index is 13.7. The number of methoxy groups -OCH3 is 1. The molecule has 1 fully saturated rings. The van der Waals surface area contributed by atoms with Crippen LogP contribution < -0.4 is 19.9 Å². The van der Waals surface area contributed by atoms with Crippen molar-refractivity contribution in [2.24, 2.45) is 11.7 Å². The molecule has 232 valence electrons. The summed E-state index contributed by atoms with van der Waals surface area (Å²) in [5.74, 6) is 0.759. The Morgan fingerprint density at radius 1 is 1.05 bits per heavy atom. The molecule has 3 aromatic rings. The quantitative estimate of drug-likeness (QED) is 0.115. The monoisotopic (exact) mass is 650 g/mol. The number of rotatable bonds is 16. The molecule has 1 saturated carbocycles. The van der Waals surface area contributed by atoms with Crippen molar-refractivity contribution >= 4 is 40.7 Å². The fraction of sp³-hybridized carbons (Fsp3) is 0.438. The summed E-state index contributed by atoms with van der Waals surface area (Å²) in [6.45, 7) is 3.68. The zero-order valence-electron chi connectivity index (χ0n) is 24.5. The number of nitrogens with two attached hydrogens (primary N) is 1. The molecular weight excluding hydrogens is 613 g/mol. The average Bonchev–Trinajstić information content (AvgIpc) is 3.81. The smallest absolute Gasteiger partial charge is 0.241 e. The molecule has 1 aliphatic rings. The molecule has 0 saturated heterocycles. The van der Waals surface area contributed by atoms with Crippen LogP contribution in [0.25, 0.3) is 0 Å². The van der Waals surface area contributed by atoms with E-state index in [0.29, 0.717) is 64.9 Å². The molecular formula is C32H39Cl3N3O5+. The highest BCUT2D eigenvalue weighted by Gasteiger charge is 2.36. The zero-order valence-corrected chi connectivity index (χ0v) is 26.8. The molecule has 3 N–H and O–H groups in total. The molecule has 0 radical (unpaired) electrons. The van der Waals surface area contributed by atoms with Gasteiger partial charge in [0.2, 0.25) is 17.8 Å². The highest BCUT2D eigenvalue weighted by molar-refractivity contribution is 6.37. The van der Waals surface area contributed by atoms with Crippen LogP contribution in [0.5, 0.6) is 11.5 Å². The number of ether oxygens (including phenoxy) is 3. The van der Waals surface area contributed by atoms with Gasteiger partial charge in [0.1, 0.15) is 24.0 Å². The lowest BCUT2D eigenvalue weighted by Gasteiger charge is -2.27. The summed E-state index contributed by atoms with van der Waals surface area (Å²) >= 11 is 19.0. The van der Waals surface area contributed by atoms with E-state index in [-0.39, 0.29) is 31.0 Å². The lowest BCUT2D eigenvalue weighted by Crippen LogP contribution is -2.41. The summed E-state index contributed by atoms with van der Waals surface area (Å²) in [5.41, 5.74) is 9.58. The van der Waals surface area contributed by atoms with Gasteiger partial charge in [0.05, 0.1) is 16.0 Å². The van der Waals surface area contributed by atoms with Gasteiger partial charge >= 0.3 is 0 Å². The summed E-state index contributed by atoms with van der Waals surface area (Å²) in [5, 5.41) is 11.6. The summed E-state index contributed by atoms with van der Waals surface area (Å²) in [4.78, 5) is 15.6. The molecule has 1 aliphatic carbocycles. The van der Waals surface area contributed by atoms with Gasteiger partial charge in [-0.1, -0.05) is 46.9 Å². The van der Waals surface area contributed by atoms with Crippen LogP contribution in [0.4, 0.5) is 0 Å². The Morgan fingerprint density at radius 2 is 1.72 bits per heavy atom. The first kappa shape index (κ1) is 33.1. The number of aromatic nitrogens is 1. The molecule has 1 amide bonds. The molecule has 8 nitrogen and oxygen atoms in total. The van der Waals surface area contributed by atoms with Crippen LogP contribution in [0, 0.1) is 12.8 Å².